The highest BCUT2D eigenvalue weighted by molar-refractivity contribution is 6.06. The molecule has 0 bridgehead atoms. The fraction of sp³-hybridized carbons (Fsp3) is 0.238. The van der Waals surface area contributed by atoms with Gasteiger partial charge in [0.25, 0.3) is 11.8 Å². The van der Waals surface area contributed by atoms with E-state index >= 15 is 0 Å². The lowest BCUT2D eigenvalue weighted by molar-refractivity contribution is -0.137. The highest BCUT2D eigenvalue weighted by Crippen LogP contribution is 2.20. The summed E-state index contributed by atoms with van der Waals surface area (Å²) >= 11 is 0. The van der Waals surface area contributed by atoms with E-state index in [1.54, 1.807) is 24.3 Å². The highest BCUT2D eigenvalue weighted by Gasteiger charge is 2.34. The van der Waals surface area contributed by atoms with Crippen LogP contribution in [0.15, 0.2) is 54.9 Å². The van der Waals surface area contributed by atoms with Crippen molar-refractivity contribution in [2.24, 2.45) is 0 Å². The lowest BCUT2D eigenvalue weighted by Gasteiger charge is -2.22. The first-order valence-electron chi connectivity index (χ1n) is 9.68. The van der Waals surface area contributed by atoms with Crippen molar-refractivity contribution in [3.8, 4) is 5.69 Å². The molecule has 158 valence electrons. The van der Waals surface area contributed by atoms with Gasteiger partial charge in [0, 0.05) is 12.1 Å². The third kappa shape index (κ3) is 4.47. The summed E-state index contributed by atoms with van der Waals surface area (Å²) in [6.45, 7) is 0.212. The van der Waals surface area contributed by atoms with Crippen LogP contribution in [-0.4, -0.2) is 55.5 Å². The Hall–Kier alpha value is -3.95. The summed E-state index contributed by atoms with van der Waals surface area (Å²) in [6, 6.07) is 11.3. The first-order chi connectivity index (χ1) is 15.0. The van der Waals surface area contributed by atoms with Crippen molar-refractivity contribution in [3.05, 3.63) is 71.8 Å². The minimum atomic E-state index is -1.07. The zero-order valence-corrected chi connectivity index (χ0v) is 16.3. The fourth-order valence-corrected chi connectivity index (χ4v) is 3.29. The van der Waals surface area contributed by atoms with E-state index in [0.29, 0.717) is 24.9 Å². The Morgan fingerprint density at radius 1 is 1.00 bits per heavy atom. The molecule has 1 fully saturated rings. The summed E-state index contributed by atoms with van der Waals surface area (Å²) in [5.41, 5.74) is 1.10. The molecule has 31 heavy (non-hydrogen) atoms. The third-order valence-electron chi connectivity index (χ3n) is 4.94. The van der Waals surface area contributed by atoms with Crippen molar-refractivity contribution in [1.29, 1.82) is 0 Å². The van der Waals surface area contributed by atoms with Gasteiger partial charge in [0.15, 0.2) is 6.10 Å². The summed E-state index contributed by atoms with van der Waals surface area (Å²) in [6.07, 6.45) is 1.88. The Morgan fingerprint density at radius 2 is 1.71 bits per heavy atom. The summed E-state index contributed by atoms with van der Waals surface area (Å²) in [7, 11) is 0. The Morgan fingerprint density at radius 3 is 2.39 bits per heavy atom. The van der Waals surface area contributed by atoms with Crippen molar-refractivity contribution in [2.45, 2.75) is 25.4 Å². The van der Waals surface area contributed by atoms with Crippen molar-refractivity contribution in [3.63, 3.8) is 0 Å². The van der Waals surface area contributed by atoms with E-state index < -0.39 is 29.7 Å². The van der Waals surface area contributed by atoms with Crippen molar-refractivity contribution in [2.75, 3.05) is 6.54 Å². The van der Waals surface area contributed by atoms with Gasteiger partial charge in [-0.25, -0.2) is 13.9 Å². The zero-order valence-electron chi connectivity index (χ0n) is 16.3. The van der Waals surface area contributed by atoms with Gasteiger partial charge in [-0.05, 0) is 78.2 Å². The van der Waals surface area contributed by atoms with Gasteiger partial charge >= 0.3 is 5.97 Å². The maximum atomic E-state index is 13.1. The number of carbonyl (C=O) groups excluding carboxylic acids is 3. The van der Waals surface area contributed by atoms with E-state index in [4.69, 9.17) is 4.74 Å². The van der Waals surface area contributed by atoms with Crippen LogP contribution in [0.4, 0.5) is 4.39 Å². The average molecular weight is 423 g/mol. The smallest absolute Gasteiger partial charge is 0.338 e. The molecule has 0 radical (unpaired) electrons. The Bertz CT molecular complexity index is 1080. The number of aromatic nitrogens is 4. The van der Waals surface area contributed by atoms with Gasteiger partial charge in [-0.15, -0.1) is 5.10 Å². The summed E-state index contributed by atoms with van der Waals surface area (Å²) in [5.74, 6) is -2.27. The van der Waals surface area contributed by atoms with E-state index in [0.717, 1.165) is 17.0 Å². The topological polar surface area (TPSA) is 107 Å². The SMILES string of the molecule is O=C(OC1CCCCN(C(=O)c2ccc(F)cc2)C1=O)c1ccc(-n2cnnn2)cc1. The molecule has 0 N–H and O–H groups in total. The predicted molar refractivity (Wildman–Crippen MR) is 105 cm³/mol. The number of imide groups is 1. The van der Waals surface area contributed by atoms with Crippen LogP contribution in [0.25, 0.3) is 5.69 Å². The normalized spacial score (nSPS) is 16.6. The van der Waals surface area contributed by atoms with Gasteiger partial charge in [-0.3, -0.25) is 14.5 Å². The third-order valence-corrected chi connectivity index (χ3v) is 4.94. The molecule has 2 amide bonds. The van der Waals surface area contributed by atoms with E-state index in [1.165, 1.54) is 23.1 Å². The molecule has 2 aromatic carbocycles. The maximum Gasteiger partial charge on any atom is 0.338 e. The molecule has 1 saturated heterocycles. The second-order valence-corrected chi connectivity index (χ2v) is 6.99. The lowest BCUT2D eigenvalue weighted by atomic mass is 10.1. The Labute approximate surface area is 176 Å². The number of rotatable bonds is 4. The quantitative estimate of drug-likeness (QED) is 0.468. The molecule has 4 rings (SSSR count). The largest absolute Gasteiger partial charge is 0.449 e. The van der Waals surface area contributed by atoms with Gasteiger partial charge < -0.3 is 4.74 Å². The Balaban J connectivity index is 1.46. The van der Waals surface area contributed by atoms with E-state index in [1.807, 2.05) is 0 Å². The van der Waals surface area contributed by atoms with Crippen molar-refractivity contribution in [1.82, 2.24) is 25.1 Å². The number of carbonyl (C=O) groups is 3. The Kier molecular flexibility index (Phi) is 5.78. The van der Waals surface area contributed by atoms with Crippen LogP contribution in [-0.2, 0) is 9.53 Å². The molecule has 1 aromatic heterocycles. The van der Waals surface area contributed by atoms with Crippen LogP contribution in [0.1, 0.15) is 40.0 Å². The molecule has 9 nitrogen and oxygen atoms in total. The van der Waals surface area contributed by atoms with Gasteiger partial charge in [0.2, 0.25) is 0 Å². The van der Waals surface area contributed by atoms with E-state index in [-0.39, 0.29) is 17.7 Å². The molecule has 10 heteroatoms. The minimum absolute atomic E-state index is 0.194. The summed E-state index contributed by atoms with van der Waals surface area (Å²) in [4.78, 5) is 39.3. The molecule has 3 aromatic rings. The second kappa shape index (κ2) is 8.82. The number of benzene rings is 2. The van der Waals surface area contributed by atoms with Crippen LogP contribution >= 0.6 is 0 Å². The fourth-order valence-electron chi connectivity index (χ4n) is 3.29. The van der Waals surface area contributed by atoms with E-state index in [2.05, 4.69) is 15.5 Å². The number of ether oxygens (including phenoxy) is 1. The van der Waals surface area contributed by atoms with E-state index in [9.17, 15) is 18.8 Å². The van der Waals surface area contributed by atoms with Gasteiger partial charge in [0.1, 0.15) is 12.1 Å². The monoisotopic (exact) mass is 423 g/mol. The molecule has 1 aliphatic heterocycles. The minimum Gasteiger partial charge on any atom is -0.449 e. The van der Waals surface area contributed by atoms with Gasteiger partial charge in [0.05, 0.1) is 11.3 Å². The van der Waals surface area contributed by atoms with Crippen LogP contribution in [0.5, 0.6) is 0 Å². The van der Waals surface area contributed by atoms with Gasteiger partial charge in [-0.1, -0.05) is 0 Å². The number of nitrogens with zero attached hydrogens (tertiary/aromatic N) is 5. The number of esters is 1. The molecule has 1 aliphatic rings. The molecule has 0 saturated carbocycles. The molecule has 1 atom stereocenters. The second-order valence-electron chi connectivity index (χ2n) is 6.99. The highest BCUT2D eigenvalue weighted by atomic mass is 19.1. The van der Waals surface area contributed by atoms with Crippen molar-refractivity contribution < 1.29 is 23.5 Å². The summed E-state index contributed by atoms with van der Waals surface area (Å²) in [5, 5.41) is 10.9. The number of hydrogen-bond donors (Lipinski definition) is 0. The first-order valence-corrected chi connectivity index (χ1v) is 9.68. The lowest BCUT2D eigenvalue weighted by Crippen LogP contribution is -2.43. The molecular formula is C21H18FN5O4. The predicted octanol–water partition coefficient (Wildman–Crippen LogP) is 2.18. The van der Waals surface area contributed by atoms with Gasteiger partial charge in [-0.2, -0.15) is 0 Å². The maximum absolute atomic E-state index is 13.1. The molecule has 0 spiro atoms. The standard InChI is InChI=1S/C21H18FN5O4/c22-16-8-4-14(5-9-16)19(28)26-12-2-1-3-18(20(26)29)31-21(30)15-6-10-17(11-7-15)27-13-23-24-25-27/h4-11,13,18H,1-3,12H2. The molecule has 1 unspecified atom stereocenters. The number of tetrazole rings is 1. The molecule has 2 heterocycles. The van der Waals surface area contributed by atoms with Crippen LogP contribution in [0.2, 0.25) is 0 Å². The first kappa shape index (κ1) is 20.3. The molecular weight excluding hydrogens is 405 g/mol. The van der Waals surface area contributed by atoms with Crippen LogP contribution in [0, 0.1) is 5.82 Å². The van der Waals surface area contributed by atoms with Crippen molar-refractivity contribution >= 4 is 17.8 Å². The molecule has 0 aliphatic carbocycles. The number of hydrogen-bond acceptors (Lipinski definition) is 7. The number of amides is 2. The summed E-state index contributed by atoms with van der Waals surface area (Å²) < 4.78 is 20.0. The number of likely N-dealkylation sites (tertiary alicyclic amines) is 1. The average Bonchev–Trinajstić information content (AvgIpc) is 3.27. The van der Waals surface area contributed by atoms with Crippen LogP contribution in [0.3, 0.4) is 0 Å². The number of halogens is 1. The van der Waals surface area contributed by atoms with Crippen LogP contribution < -0.4 is 0 Å². The zero-order chi connectivity index (χ0) is 21.8.